The van der Waals surface area contributed by atoms with Gasteiger partial charge in [-0.1, -0.05) is 11.6 Å². The largest absolute Gasteiger partial charge is 0.444 e. The molecule has 0 aliphatic rings. The van der Waals surface area contributed by atoms with Gasteiger partial charge >= 0.3 is 0 Å². The lowest BCUT2D eigenvalue weighted by Gasteiger charge is -2.04. The number of nitrogen functional groups attached to an aromatic ring is 1. The van der Waals surface area contributed by atoms with Crippen LogP contribution >= 0.6 is 11.6 Å². The van der Waals surface area contributed by atoms with Gasteiger partial charge in [-0.2, -0.15) is 0 Å². The highest BCUT2D eigenvalue weighted by molar-refractivity contribution is 6.31. The van der Waals surface area contributed by atoms with Crippen LogP contribution in [0.3, 0.4) is 0 Å². The molecule has 1 aromatic heterocycles. The number of oxazole rings is 1. The van der Waals surface area contributed by atoms with Crippen molar-refractivity contribution in [2.75, 3.05) is 5.73 Å². The van der Waals surface area contributed by atoms with Crippen LogP contribution in [0.5, 0.6) is 0 Å². The first-order valence-corrected chi connectivity index (χ1v) is 5.68. The quantitative estimate of drug-likeness (QED) is 0.833. The lowest BCUT2D eigenvalue weighted by molar-refractivity contribution is 0.0947. The molecule has 3 N–H and O–H groups in total. The summed E-state index contributed by atoms with van der Waals surface area (Å²) in [5, 5.41) is 3.10. The van der Waals surface area contributed by atoms with E-state index < -0.39 is 0 Å². The van der Waals surface area contributed by atoms with Gasteiger partial charge in [-0.05, 0) is 25.1 Å². The molecule has 2 aromatic rings. The van der Waals surface area contributed by atoms with Crippen LogP contribution < -0.4 is 11.1 Å². The molecule has 6 heteroatoms. The second-order valence-corrected chi connectivity index (χ2v) is 4.26. The van der Waals surface area contributed by atoms with E-state index in [1.54, 1.807) is 31.3 Å². The van der Waals surface area contributed by atoms with E-state index in [0.29, 0.717) is 27.9 Å². The molecule has 0 aliphatic carbocycles. The monoisotopic (exact) mass is 265 g/mol. The van der Waals surface area contributed by atoms with Crippen molar-refractivity contribution in [2.45, 2.75) is 13.5 Å². The van der Waals surface area contributed by atoms with Gasteiger partial charge in [-0.3, -0.25) is 4.79 Å². The normalized spacial score (nSPS) is 10.3. The summed E-state index contributed by atoms with van der Waals surface area (Å²) in [5.41, 5.74) is 6.46. The number of benzene rings is 1. The molecular weight excluding hydrogens is 254 g/mol. The predicted molar refractivity (Wildman–Crippen MR) is 68.3 cm³/mol. The summed E-state index contributed by atoms with van der Waals surface area (Å²) in [7, 11) is 0. The molecular formula is C12H12ClN3O2. The number of aromatic nitrogens is 1. The lowest BCUT2D eigenvalue weighted by Crippen LogP contribution is -2.23. The maximum atomic E-state index is 11.8. The first-order valence-electron chi connectivity index (χ1n) is 5.30. The van der Waals surface area contributed by atoms with Crippen molar-refractivity contribution >= 4 is 23.2 Å². The third kappa shape index (κ3) is 3.01. The molecule has 0 unspecified atom stereocenters. The smallest absolute Gasteiger partial charge is 0.251 e. The van der Waals surface area contributed by atoms with Crippen molar-refractivity contribution in [3.63, 3.8) is 0 Å². The molecule has 5 nitrogen and oxygen atoms in total. The molecule has 0 bridgehead atoms. The van der Waals surface area contributed by atoms with E-state index in [2.05, 4.69) is 10.3 Å². The Labute approximate surface area is 109 Å². The Morgan fingerprint density at radius 2 is 2.28 bits per heavy atom. The first kappa shape index (κ1) is 12.4. The topological polar surface area (TPSA) is 81.2 Å². The van der Waals surface area contributed by atoms with Gasteiger partial charge in [-0.25, -0.2) is 4.98 Å². The molecule has 0 spiro atoms. The van der Waals surface area contributed by atoms with Crippen molar-refractivity contribution in [1.29, 1.82) is 0 Å². The Kier molecular flexibility index (Phi) is 3.53. The SMILES string of the molecule is Cc1cnc(CNC(=O)c2cc(N)cc(Cl)c2)o1. The average molecular weight is 266 g/mol. The molecule has 1 heterocycles. The van der Waals surface area contributed by atoms with E-state index in [4.69, 9.17) is 21.8 Å². The Hall–Kier alpha value is -2.01. The summed E-state index contributed by atoms with van der Waals surface area (Å²) in [6.07, 6.45) is 1.60. The zero-order chi connectivity index (χ0) is 13.1. The first-order chi connectivity index (χ1) is 8.54. The molecule has 0 fully saturated rings. The number of amides is 1. The van der Waals surface area contributed by atoms with Crippen LogP contribution in [0.25, 0.3) is 0 Å². The fourth-order valence-electron chi connectivity index (χ4n) is 1.48. The van der Waals surface area contributed by atoms with Gasteiger partial charge in [0.15, 0.2) is 0 Å². The van der Waals surface area contributed by atoms with Crippen molar-refractivity contribution in [2.24, 2.45) is 0 Å². The number of hydrogen-bond acceptors (Lipinski definition) is 4. The van der Waals surface area contributed by atoms with Crippen LogP contribution in [0.2, 0.25) is 5.02 Å². The number of rotatable bonds is 3. The Bertz CT molecular complexity index is 560. The highest BCUT2D eigenvalue weighted by atomic mass is 35.5. The lowest BCUT2D eigenvalue weighted by atomic mass is 10.2. The highest BCUT2D eigenvalue weighted by Crippen LogP contribution is 2.16. The summed E-state index contributed by atoms with van der Waals surface area (Å²) in [6, 6.07) is 4.69. The van der Waals surface area contributed by atoms with Gasteiger partial charge in [0.2, 0.25) is 5.89 Å². The number of nitrogens with one attached hydrogen (secondary N) is 1. The maximum absolute atomic E-state index is 11.8. The summed E-state index contributed by atoms with van der Waals surface area (Å²) in [4.78, 5) is 15.8. The van der Waals surface area contributed by atoms with Crippen LogP contribution in [-0.2, 0) is 6.54 Å². The predicted octanol–water partition coefficient (Wildman–Crippen LogP) is 2.15. The second-order valence-electron chi connectivity index (χ2n) is 3.82. The number of nitrogens with two attached hydrogens (primary N) is 1. The molecule has 2 rings (SSSR count). The van der Waals surface area contributed by atoms with Gasteiger partial charge < -0.3 is 15.5 Å². The van der Waals surface area contributed by atoms with Crippen molar-refractivity contribution in [3.8, 4) is 0 Å². The van der Waals surface area contributed by atoms with Gasteiger partial charge in [0, 0.05) is 16.3 Å². The van der Waals surface area contributed by atoms with Gasteiger partial charge in [0.05, 0.1) is 12.7 Å². The number of carbonyl (C=O) groups is 1. The average Bonchev–Trinajstić information content (AvgIpc) is 2.70. The molecule has 1 amide bonds. The summed E-state index contributed by atoms with van der Waals surface area (Å²) in [6.45, 7) is 2.01. The third-order valence-electron chi connectivity index (χ3n) is 2.25. The van der Waals surface area contributed by atoms with Crippen LogP contribution in [-0.4, -0.2) is 10.9 Å². The van der Waals surface area contributed by atoms with Gasteiger partial charge in [-0.15, -0.1) is 0 Å². The molecule has 0 saturated carbocycles. The minimum absolute atomic E-state index is 0.221. The van der Waals surface area contributed by atoms with E-state index in [9.17, 15) is 4.79 Å². The van der Waals surface area contributed by atoms with Crippen molar-refractivity contribution in [3.05, 3.63) is 46.6 Å². The summed E-state index contributed by atoms with van der Waals surface area (Å²) < 4.78 is 5.24. The van der Waals surface area contributed by atoms with Crippen LogP contribution in [0.1, 0.15) is 22.0 Å². The van der Waals surface area contributed by atoms with Crippen LogP contribution in [0.15, 0.2) is 28.8 Å². The van der Waals surface area contributed by atoms with E-state index in [-0.39, 0.29) is 12.5 Å². The van der Waals surface area contributed by atoms with E-state index >= 15 is 0 Å². The Balaban J connectivity index is 2.03. The molecule has 0 atom stereocenters. The Morgan fingerprint density at radius 3 is 2.89 bits per heavy atom. The maximum Gasteiger partial charge on any atom is 0.251 e. The van der Waals surface area contributed by atoms with Crippen LogP contribution in [0.4, 0.5) is 5.69 Å². The van der Waals surface area contributed by atoms with E-state index in [1.165, 1.54) is 0 Å². The van der Waals surface area contributed by atoms with E-state index in [0.717, 1.165) is 0 Å². The third-order valence-corrected chi connectivity index (χ3v) is 2.47. The zero-order valence-corrected chi connectivity index (χ0v) is 10.5. The number of halogens is 1. The standard InChI is InChI=1S/C12H12ClN3O2/c1-7-5-15-11(18-7)6-16-12(17)8-2-9(13)4-10(14)3-8/h2-5H,6,14H2,1H3,(H,16,17). The van der Waals surface area contributed by atoms with Gasteiger partial charge in [0.25, 0.3) is 5.91 Å². The van der Waals surface area contributed by atoms with Crippen molar-refractivity contribution < 1.29 is 9.21 Å². The number of hydrogen-bond donors (Lipinski definition) is 2. The molecule has 1 aromatic carbocycles. The molecule has 0 saturated heterocycles. The van der Waals surface area contributed by atoms with E-state index in [1.807, 2.05) is 0 Å². The molecule has 0 radical (unpaired) electrons. The minimum atomic E-state index is -0.278. The fourth-order valence-corrected chi connectivity index (χ4v) is 1.73. The molecule has 94 valence electrons. The number of anilines is 1. The number of nitrogens with zero attached hydrogens (tertiary/aromatic N) is 1. The summed E-state index contributed by atoms with van der Waals surface area (Å²) >= 11 is 5.82. The van der Waals surface area contributed by atoms with Gasteiger partial charge in [0.1, 0.15) is 5.76 Å². The minimum Gasteiger partial charge on any atom is -0.444 e. The van der Waals surface area contributed by atoms with Crippen LogP contribution in [0, 0.1) is 6.92 Å². The summed E-state index contributed by atoms with van der Waals surface area (Å²) in [5.74, 6) is 0.877. The fraction of sp³-hybridized carbons (Fsp3) is 0.167. The Morgan fingerprint density at radius 1 is 1.50 bits per heavy atom. The van der Waals surface area contributed by atoms with Crippen molar-refractivity contribution in [1.82, 2.24) is 10.3 Å². The highest BCUT2D eigenvalue weighted by Gasteiger charge is 2.09. The number of aryl methyl sites for hydroxylation is 1. The zero-order valence-electron chi connectivity index (χ0n) is 9.74. The molecule has 18 heavy (non-hydrogen) atoms. The second kappa shape index (κ2) is 5.10. The number of carbonyl (C=O) groups excluding carboxylic acids is 1. The molecule has 0 aliphatic heterocycles.